The van der Waals surface area contributed by atoms with Gasteiger partial charge in [-0.2, -0.15) is 5.26 Å². The number of benzene rings is 3. The lowest BCUT2D eigenvalue weighted by atomic mass is 9.72. The highest BCUT2D eigenvalue weighted by Gasteiger charge is 2.57. The topological polar surface area (TPSA) is 98.0 Å². The maximum atomic E-state index is 12.3. The van der Waals surface area contributed by atoms with Gasteiger partial charge < -0.3 is 24.1 Å². The Hall–Kier alpha value is -4.18. The molecule has 2 aliphatic carbocycles. The molecule has 0 fully saturated rings. The molecule has 0 saturated heterocycles. The van der Waals surface area contributed by atoms with Crippen molar-refractivity contribution in [1.29, 1.82) is 5.26 Å². The van der Waals surface area contributed by atoms with Gasteiger partial charge in [0, 0.05) is 5.41 Å². The molecule has 6 rings (SSSR count). The fourth-order valence-electron chi connectivity index (χ4n) is 7.55. The van der Waals surface area contributed by atoms with Crippen molar-refractivity contribution in [1.82, 2.24) is 0 Å². The number of aromatic carboxylic acids is 1. The lowest BCUT2D eigenvalue weighted by Crippen LogP contribution is -2.27. The van der Waals surface area contributed by atoms with Gasteiger partial charge in [0.05, 0.1) is 14.2 Å². The highest BCUT2D eigenvalue weighted by atomic mass is 16.6. The molecule has 3 aromatic rings. The van der Waals surface area contributed by atoms with E-state index < -0.39 is 5.97 Å². The Kier molecular flexibility index (Phi) is 5.32. The second-order valence-electron chi connectivity index (χ2n) is 12.6. The SMILES string of the molecule is COc1cc2c(cc1OC)C1(CC2(C)C)CC(C)(C)c2cc3c(cc21)Oc1c(c(C#N)c(C)c(C)c1C(=O)O)O3. The number of fused-ring (bicyclic) bond motifs is 6. The van der Waals surface area contributed by atoms with Gasteiger partial charge in [-0.3, -0.25) is 0 Å². The van der Waals surface area contributed by atoms with E-state index in [2.05, 4.69) is 45.9 Å². The maximum absolute atomic E-state index is 12.3. The molecule has 1 atom stereocenters. The summed E-state index contributed by atoms with van der Waals surface area (Å²) in [6.07, 6.45) is 1.76. The molecule has 3 aromatic carbocycles. The van der Waals surface area contributed by atoms with Crippen LogP contribution < -0.4 is 18.9 Å². The van der Waals surface area contributed by atoms with Gasteiger partial charge >= 0.3 is 5.97 Å². The van der Waals surface area contributed by atoms with E-state index in [0.29, 0.717) is 34.1 Å². The predicted octanol–water partition coefficient (Wildman–Crippen LogP) is 7.44. The predicted molar refractivity (Wildman–Crippen MR) is 150 cm³/mol. The summed E-state index contributed by atoms with van der Waals surface area (Å²) in [5.41, 5.74) is 5.46. The van der Waals surface area contributed by atoms with Crippen LogP contribution in [-0.4, -0.2) is 25.3 Å². The molecule has 0 amide bonds. The molecule has 0 bridgehead atoms. The molecule has 7 heteroatoms. The molecule has 1 aliphatic heterocycles. The van der Waals surface area contributed by atoms with Gasteiger partial charge in [0.2, 0.25) is 0 Å². The monoisotopic (exact) mass is 539 g/mol. The van der Waals surface area contributed by atoms with Crippen LogP contribution in [0.25, 0.3) is 0 Å². The highest BCUT2D eigenvalue weighted by molar-refractivity contribution is 5.96. The summed E-state index contributed by atoms with van der Waals surface area (Å²) in [5, 5.41) is 20.0. The Bertz CT molecular complexity index is 1690. The van der Waals surface area contributed by atoms with Crippen molar-refractivity contribution in [2.24, 2.45) is 0 Å². The summed E-state index contributed by atoms with van der Waals surface area (Å²) in [6.45, 7) is 12.4. The number of rotatable bonds is 3. The van der Waals surface area contributed by atoms with E-state index in [1.165, 1.54) is 11.1 Å². The van der Waals surface area contributed by atoms with E-state index in [9.17, 15) is 15.2 Å². The van der Waals surface area contributed by atoms with E-state index in [-0.39, 0.29) is 38.9 Å². The van der Waals surface area contributed by atoms with Gasteiger partial charge in [-0.1, -0.05) is 27.7 Å². The normalized spacial score (nSPS) is 20.4. The first kappa shape index (κ1) is 26.1. The Morgan fingerprint density at radius 1 is 0.825 bits per heavy atom. The van der Waals surface area contributed by atoms with E-state index in [1.54, 1.807) is 28.1 Å². The third kappa shape index (κ3) is 3.25. The van der Waals surface area contributed by atoms with Crippen LogP contribution >= 0.6 is 0 Å². The first-order chi connectivity index (χ1) is 18.8. The first-order valence-electron chi connectivity index (χ1n) is 13.4. The van der Waals surface area contributed by atoms with E-state index >= 15 is 0 Å². The number of nitriles is 1. The summed E-state index contributed by atoms with van der Waals surface area (Å²) in [5.74, 6) is 1.44. The van der Waals surface area contributed by atoms with Gasteiger partial charge in [0.1, 0.15) is 17.2 Å². The highest BCUT2D eigenvalue weighted by Crippen LogP contribution is 2.65. The molecule has 1 N–H and O–H groups in total. The van der Waals surface area contributed by atoms with Gasteiger partial charge in [0.15, 0.2) is 34.5 Å². The van der Waals surface area contributed by atoms with Gasteiger partial charge in [0.25, 0.3) is 0 Å². The fraction of sp³-hybridized carbons (Fsp3) is 0.394. The Morgan fingerprint density at radius 2 is 1.30 bits per heavy atom. The second kappa shape index (κ2) is 8.17. The molecule has 1 unspecified atom stereocenters. The summed E-state index contributed by atoms with van der Waals surface area (Å²) in [7, 11) is 3.31. The average Bonchev–Trinajstić information content (AvgIpc) is 3.25. The van der Waals surface area contributed by atoms with Crippen molar-refractivity contribution in [3.05, 3.63) is 68.8 Å². The molecule has 1 spiro atoms. The van der Waals surface area contributed by atoms with Crippen LogP contribution in [0, 0.1) is 25.2 Å². The standard InChI is InChI=1S/C33H33NO6/c1-16-17(2)27(30(35)36)29-28(18(16)13-34)39-25-10-20-22(12-26(25)40-29)33(15-32(20,5)6)14-31(3,4)19-9-23(37-7)24(38-8)11-21(19)33/h9-12H,14-15H2,1-8H3,(H,35,36). The smallest absolute Gasteiger partial charge is 0.339 e. The van der Waals surface area contributed by atoms with Crippen LogP contribution in [0.4, 0.5) is 0 Å². The Morgan fingerprint density at radius 3 is 1.82 bits per heavy atom. The molecule has 7 nitrogen and oxygen atoms in total. The van der Waals surface area contributed by atoms with Crippen molar-refractivity contribution in [2.75, 3.05) is 14.2 Å². The summed E-state index contributed by atoms with van der Waals surface area (Å²) in [4.78, 5) is 12.3. The van der Waals surface area contributed by atoms with Crippen molar-refractivity contribution < 1.29 is 28.8 Å². The molecule has 0 radical (unpaired) electrons. The molecular weight excluding hydrogens is 506 g/mol. The largest absolute Gasteiger partial charge is 0.493 e. The third-order valence-corrected chi connectivity index (χ3v) is 9.31. The number of methoxy groups -OCH3 is 2. The van der Waals surface area contributed by atoms with E-state index in [0.717, 1.165) is 24.0 Å². The fourth-order valence-corrected chi connectivity index (χ4v) is 7.55. The Labute approximate surface area is 234 Å². The minimum absolute atomic E-state index is 0.0110. The zero-order valence-corrected chi connectivity index (χ0v) is 24.2. The quantitative estimate of drug-likeness (QED) is 0.289. The van der Waals surface area contributed by atoms with Crippen LogP contribution in [0.3, 0.4) is 0 Å². The number of carboxylic acid groups (broad SMARTS) is 1. The zero-order chi connectivity index (χ0) is 28.9. The lowest BCUT2D eigenvalue weighted by Gasteiger charge is -2.31. The number of hydrogen-bond acceptors (Lipinski definition) is 6. The van der Waals surface area contributed by atoms with Gasteiger partial charge in [-0.15, -0.1) is 0 Å². The second-order valence-corrected chi connectivity index (χ2v) is 12.6. The Balaban J connectivity index is 1.60. The van der Waals surface area contributed by atoms with Gasteiger partial charge in [-0.25, -0.2) is 4.79 Å². The van der Waals surface area contributed by atoms with Crippen LogP contribution in [0.2, 0.25) is 0 Å². The van der Waals surface area contributed by atoms with Crippen LogP contribution in [0.1, 0.15) is 89.8 Å². The van der Waals surface area contributed by atoms with E-state index in [4.69, 9.17) is 18.9 Å². The molecule has 40 heavy (non-hydrogen) atoms. The van der Waals surface area contributed by atoms with Crippen molar-refractivity contribution in [3.8, 4) is 40.6 Å². The summed E-state index contributed by atoms with van der Waals surface area (Å²) in [6, 6.07) is 10.5. The summed E-state index contributed by atoms with van der Waals surface area (Å²) >= 11 is 0. The minimum Gasteiger partial charge on any atom is -0.493 e. The summed E-state index contributed by atoms with van der Waals surface area (Å²) < 4.78 is 24.1. The number of carbonyl (C=O) groups is 1. The molecule has 3 aliphatic rings. The van der Waals surface area contributed by atoms with Crippen molar-refractivity contribution in [2.45, 2.75) is 70.6 Å². The molecule has 206 valence electrons. The maximum Gasteiger partial charge on any atom is 0.339 e. The van der Waals surface area contributed by atoms with E-state index in [1.807, 2.05) is 12.1 Å². The van der Waals surface area contributed by atoms with Gasteiger partial charge in [-0.05, 0) is 95.2 Å². The van der Waals surface area contributed by atoms with Crippen LogP contribution in [0.5, 0.6) is 34.5 Å². The lowest BCUT2D eigenvalue weighted by molar-refractivity contribution is 0.0692. The van der Waals surface area contributed by atoms with Crippen LogP contribution in [-0.2, 0) is 16.2 Å². The number of carboxylic acids is 1. The van der Waals surface area contributed by atoms with Crippen molar-refractivity contribution in [3.63, 3.8) is 0 Å². The number of nitrogens with zero attached hydrogens (tertiary/aromatic N) is 1. The molecule has 0 aromatic heterocycles. The van der Waals surface area contributed by atoms with Crippen molar-refractivity contribution >= 4 is 5.97 Å². The molecule has 0 saturated carbocycles. The van der Waals surface area contributed by atoms with Crippen LogP contribution in [0.15, 0.2) is 24.3 Å². The minimum atomic E-state index is -1.13. The zero-order valence-electron chi connectivity index (χ0n) is 24.2. The third-order valence-electron chi connectivity index (χ3n) is 9.31. The first-order valence-corrected chi connectivity index (χ1v) is 13.4. The number of ether oxygens (including phenoxy) is 4. The molecular formula is C33H33NO6. The number of hydrogen-bond donors (Lipinski definition) is 1. The average molecular weight is 540 g/mol. The molecule has 1 heterocycles.